The quantitative estimate of drug-likeness (QED) is 0.584. The Morgan fingerprint density at radius 1 is 1.00 bits per heavy atom. The molecule has 5 nitrogen and oxygen atoms in total. The Labute approximate surface area is 180 Å². The first kappa shape index (κ1) is 22.9. The maximum absolute atomic E-state index is 13.0. The summed E-state index contributed by atoms with van der Waals surface area (Å²) in [6, 6.07) is 15.9. The van der Waals surface area contributed by atoms with Crippen LogP contribution in [0.1, 0.15) is 21.5 Å². The van der Waals surface area contributed by atoms with Crippen molar-refractivity contribution in [3.8, 4) is 11.1 Å². The first-order chi connectivity index (χ1) is 15.1. The molecule has 4 rings (SSSR count). The molecular formula is C23H18F4N2O3. The molecule has 32 heavy (non-hydrogen) atoms. The fourth-order valence-corrected chi connectivity index (χ4v) is 3.42. The van der Waals surface area contributed by atoms with E-state index in [2.05, 4.69) is 22.4 Å². The van der Waals surface area contributed by atoms with Crippen molar-refractivity contribution in [1.82, 2.24) is 10.3 Å². The van der Waals surface area contributed by atoms with Crippen LogP contribution >= 0.6 is 0 Å². The summed E-state index contributed by atoms with van der Waals surface area (Å²) >= 11 is 0. The van der Waals surface area contributed by atoms with E-state index in [1.165, 1.54) is 41.0 Å². The van der Waals surface area contributed by atoms with Crippen molar-refractivity contribution >= 4 is 11.9 Å². The number of nitrogens with one attached hydrogen (secondary N) is 1. The van der Waals surface area contributed by atoms with Gasteiger partial charge in [0.05, 0.1) is 0 Å². The van der Waals surface area contributed by atoms with Gasteiger partial charge >= 0.3 is 12.1 Å². The van der Waals surface area contributed by atoms with Crippen molar-refractivity contribution in [1.29, 1.82) is 0 Å². The third-order valence-corrected chi connectivity index (χ3v) is 4.85. The number of carbonyl (C=O) groups excluding carboxylic acids is 1. The highest BCUT2D eigenvalue weighted by molar-refractivity contribution is 5.94. The van der Waals surface area contributed by atoms with Crippen LogP contribution < -0.4 is 5.32 Å². The second-order valence-corrected chi connectivity index (χ2v) is 7.07. The second-order valence-electron chi connectivity index (χ2n) is 7.07. The van der Waals surface area contributed by atoms with Crippen LogP contribution in [-0.4, -0.2) is 34.2 Å². The molecule has 1 heterocycles. The fourth-order valence-electron chi connectivity index (χ4n) is 3.42. The Morgan fingerprint density at radius 2 is 1.69 bits per heavy atom. The normalized spacial score (nSPS) is 14.7. The van der Waals surface area contributed by atoms with E-state index >= 15 is 0 Å². The zero-order valence-electron chi connectivity index (χ0n) is 16.6. The van der Waals surface area contributed by atoms with Gasteiger partial charge in [-0.2, -0.15) is 13.2 Å². The maximum Gasteiger partial charge on any atom is 0.490 e. The summed E-state index contributed by atoms with van der Waals surface area (Å²) in [6.07, 6.45) is 0.127. The third kappa shape index (κ3) is 5.69. The summed E-state index contributed by atoms with van der Waals surface area (Å²) in [6.45, 7) is 0. The number of rotatable bonds is 3. The van der Waals surface area contributed by atoms with Crippen LogP contribution in [0, 0.1) is 5.82 Å². The minimum absolute atomic E-state index is 0.0466. The summed E-state index contributed by atoms with van der Waals surface area (Å²) in [4.78, 5) is 25.5. The number of benzene rings is 2. The van der Waals surface area contributed by atoms with Gasteiger partial charge < -0.3 is 10.4 Å². The summed E-state index contributed by atoms with van der Waals surface area (Å²) in [7, 11) is 0. The zero-order valence-corrected chi connectivity index (χ0v) is 16.6. The van der Waals surface area contributed by atoms with E-state index in [-0.39, 0.29) is 17.8 Å². The molecule has 3 aromatic rings. The van der Waals surface area contributed by atoms with Crippen LogP contribution in [0.4, 0.5) is 17.6 Å². The highest BCUT2D eigenvalue weighted by atomic mass is 19.4. The van der Waals surface area contributed by atoms with Gasteiger partial charge in [-0.05, 0) is 59.9 Å². The van der Waals surface area contributed by atoms with Crippen LogP contribution in [0.25, 0.3) is 11.1 Å². The Hall–Kier alpha value is -3.75. The van der Waals surface area contributed by atoms with Crippen molar-refractivity contribution in [2.75, 3.05) is 0 Å². The molecule has 0 saturated heterocycles. The maximum atomic E-state index is 13.0. The van der Waals surface area contributed by atoms with Crippen molar-refractivity contribution in [3.05, 3.63) is 89.5 Å². The Kier molecular flexibility index (Phi) is 6.87. The first-order valence-corrected chi connectivity index (χ1v) is 9.53. The van der Waals surface area contributed by atoms with Crippen LogP contribution in [0.3, 0.4) is 0 Å². The summed E-state index contributed by atoms with van der Waals surface area (Å²) in [5.41, 5.74) is 5.25. The number of carbonyl (C=O) groups is 2. The molecule has 1 atom stereocenters. The van der Waals surface area contributed by atoms with Crippen LogP contribution in [0.5, 0.6) is 0 Å². The van der Waals surface area contributed by atoms with Crippen molar-refractivity contribution in [2.24, 2.45) is 0 Å². The molecule has 2 aromatic carbocycles. The molecule has 1 amide bonds. The average Bonchev–Trinajstić information content (AvgIpc) is 3.17. The number of carboxylic acid groups (broad SMARTS) is 1. The minimum atomic E-state index is -5.08. The van der Waals surface area contributed by atoms with Crippen LogP contribution in [0.15, 0.2) is 67.0 Å². The van der Waals surface area contributed by atoms with Gasteiger partial charge in [-0.3, -0.25) is 9.78 Å². The molecule has 0 aliphatic heterocycles. The average molecular weight is 446 g/mol. The number of nitrogens with zero attached hydrogens (tertiary/aromatic N) is 1. The second kappa shape index (κ2) is 9.59. The number of alkyl halides is 3. The predicted molar refractivity (Wildman–Crippen MR) is 108 cm³/mol. The van der Waals surface area contributed by atoms with Gasteiger partial charge in [0.15, 0.2) is 0 Å². The van der Waals surface area contributed by atoms with E-state index in [1.54, 1.807) is 6.20 Å². The first-order valence-electron chi connectivity index (χ1n) is 9.53. The Balaban J connectivity index is 0.000000360. The molecule has 2 N–H and O–H groups in total. The number of hydrogen-bond donors (Lipinski definition) is 2. The van der Waals surface area contributed by atoms with Crippen molar-refractivity contribution in [2.45, 2.75) is 25.1 Å². The minimum Gasteiger partial charge on any atom is -0.475 e. The monoisotopic (exact) mass is 446 g/mol. The number of amides is 1. The van der Waals surface area contributed by atoms with Crippen molar-refractivity contribution < 1.29 is 32.3 Å². The number of aromatic nitrogens is 1. The SMILES string of the molecule is O=C(NC1Cc2cccc(-c3cccnc3)c2C1)c1ccc(F)cc1.O=C(O)C(F)(F)F. The van der Waals surface area contributed by atoms with Crippen LogP contribution in [-0.2, 0) is 17.6 Å². The molecule has 1 aliphatic carbocycles. The van der Waals surface area contributed by atoms with E-state index in [1.807, 2.05) is 24.4 Å². The molecule has 0 fully saturated rings. The largest absolute Gasteiger partial charge is 0.490 e. The number of carboxylic acids is 1. The number of fused-ring (bicyclic) bond motifs is 1. The lowest BCUT2D eigenvalue weighted by molar-refractivity contribution is -0.192. The molecule has 0 bridgehead atoms. The molecule has 1 unspecified atom stereocenters. The molecule has 166 valence electrons. The van der Waals surface area contributed by atoms with Gasteiger partial charge in [-0.1, -0.05) is 24.3 Å². The van der Waals surface area contributed by atoms with Gasteiger partial charge in [0.2, 0.25) is 0 Å². The number of halogens is 4. The molecule has 9 heteroatoms. The summed E-state index contributed by atoms with van der Waals surface area (Å²) < 4.78 is 44.7. The standard InChI is InChI=1S/C21H17FN2O.C2HF3O2/c22-17-8-6-14(7-9-17)21(25)24-18-11-15-3-1-5-19(20(15)12-18)16-4-2-10-23-13-16;3-2(4,5)1(6)7/h1-10,13,18H,11-12H2,(H,24,25);(H,6,7). The lowest BCUT2D eigenvalue weighted by atomic mass is 9.98. The summed E-state index contributed by atoms with van der Waals surface area (Å²) in [5.74, 6) is -3.26. The molecule has 1 aromatic heterocycles. The molecular weight excluding hydrogens is 428 g/mol. The van der Waals surface area contributed by atoms with Gasteiger partial charge in [0.1, 0.15) is 5.82 Å². The predicted octanol–water partition coefficient (Wildman–Crippen LogP) is 4.42. The molecule has 0 radical (unpaired) electrons. The van der Waals surface area contributed by atoms with Gasteiger partial charge in [-0.15, -0.1) is 0 Å². The number of pyridine rings is 1. The highest BCUT2D eigenvalue weighted by Gasteiger charge is 2.38. The van der Waals surface area contributed by atoms with Gasteiger partial charge in [0, 0.05) is 29.6 Å². The third-order valence-electron chi connectivity index (χ3n) is 4.85. The van der Waals surface area contributed by atoms with E-state index in [9.17, 15) is 22.4 Å². The van der Waals surface area contributed by atoms with Gasteiger partial charge in [-0.25, -0.2) is 9.18 Å². The molecule has 0 saturated carbocycles. The number of aliphatic carboxylic acids is 1. The Bertz CT molecular complexity index is 1100. The summed E-state index contributed by atoms with van der Waals surface area (Å²) in [5, 5.41) is 10.2. The fraction of sp³-hybridized carbons (Fsp3) is 0.174. The van der Waals surface area contributed by atoms with Gasteiger partial charge in [0.25, 0.3) is 5.91 Å². The lowest BCUT2D eigenvalue weighted by Crippen LogP contribution is -2.35. The van der Waals surface area contributed by atoms with E-state index in [0.717, 1.165) is 18.4 Å². The topological polar surface area (TPSA) is 79.3 Å². The van der Waals surface area contributed by atoms with E-state index in [0.29, 0.717) is 5.56 Å². The molecule has 1 aliphatic rings. The zero-order chi connectivity index (χ0) is 23.3. The highest BCUT2D eigenvalue weighted by Crippen LogP contribution is 2.32. The lowest BCUT2D eigenvalue weighted by Gasteiger charge is -2.12. The number of hydrogen-bond acceptors (Lipinski definition) is 3. The van der Waals surface area contributed by atoms with E-state index in [4.69, 9.17) is 9.90 Å². The van der Waals surface area contributed by atoms with Crippen molar-refractivity contribution in [3.63, 3.8) is 0 Å². The molecule has 0 spiro atoms. The Morgan fingerprint density at radius 3 is 2.28 bits per heavy atom. The van der Waals surface area contributed by atoms with E-state index < -0.39 is 12.1 Å². The smallest absolute Gasteiger partial charge is 0.475 e. The van der Waals surface area contributed by atoms with Crippen LogP contribution in [0.2, 0.25) is 0 Å².